The van der Waals surface area contributed by atoms with Crippen molar-refractivity contribution in [1.82, 2.24) is 4.90 Å². The number of rotatable bonds is 1. The molecule has 1 nitrogen and oxygen atoms in total. The summed E-state index contributed by atoms with van der Waals surface area (Å²) in [5.74, 6) is 2.39. The van der Waals surface area contributed by atoms with Gasteiger partial charge in [0.25, 0.3) is 0 Å². The predicted molar refractivity (Wildman–Crippen MR) is 86.0 cm³/mol. The average Bonchev–Trinajstić information content (AvgIpc) is 2.41. The van der Waals surface area contributed by atoms with Gasteiger partial charge in [0.1, 0.15) is 0 Å². The molecule has 3 unspecified atom stereocenters. The molecular weight excluding hydrogens is 242 g/mol. The molecule has 1 saturated heterocycles. The highest BCUT2D eigenvalue weighted by molar-refractivity contribution is 5.33. The zero-order valence-electron chi connectivity index (χ0n) is 13.7. The molecule has 3 rings (SSSR count). The lowest BCUT2D eigenvalue weighted by Crippen LogP contribution is -2.61. The van der Waals surface area contributed by atoms with Gasteiger partial charge in [-0.3, -0.25) is 0 Å². The molecule has 5 atom stereocenters. The molecule has 0 amide bonds. The lowest BCUT2D eigenvalue weighted by Gasteiger charge is -2.59. The van der Waals surface area contributed by atoms with Crippen molar-refractivity contribution in [3.8, 4) is 0 Å². The Morgan fingerprint density at radius 3 is 2.65 bits per heavy atom. The minimum absolute atomic E-state index is 0.412. The molecule has 1 heterocycles. The van der Waals surface area contributed by atoms with Gasteiger partial charge in [0.2, 0.25) is 0 Å². The Kier molecular flexibility index (Phi) is 3.44. The van der Waals surface area contributed by atoms with Crippen LogP contribution in [0.5, 0.6) is 0 Å². The van der Waals surface area contributed by atoms with E-state index in [1.807, 2.05) is 0 Å². The molecule has 2 aliphatic rings. The summed E-state index contributed by atoms with van der Waals surface area (Å²) in [5.41, 5.74) is 3.42. The molecule has 0 N–H and O–H groups in total. The van der Waals surface area contributed by atoms with Crippen molar-refractivity contribution in [2.75, 3.05) is 13.6 Å². The summed E-state index contributed by atoms with van der Waals surface area (Å²) < 4.78 is 0. The number of aryl methyl sites for hydroxylation is 1. The highest BCUT2D eigenvalue weighted by Crippen LogP contribution is 2.54. The summed E-state index contributed by atoms with van der Waals surface area (Å²) in [5, 5.41) is 0. The van der Waals surface area contributed by atoms with E-state index in [0.717, 1.165) is 23.8 Å². The minimum atomic E-state index is 0.412. The van der Waals surface area contributed by atoms with E-state index in [4.69, 9.17) is 0 Å². The first-order chi connectivity index (χ1) is 9.45. The number of likely N-dealkylation sites (tertiary alicyclic amines) is 1. The number of benzene rings is 1. The zero-order chi connectivity index (χ0) is 14.5. The van der Waals surface area contributed by atoms with Gasteiger partial charge >= 0.3 is 0 Å². The fourth-order valence-electron chi connectivity index (χ4n) is 5.18. The Hall–Kier alpha value is -0.820. The van der Waals surface area contributed by atoms with Gasteiger partial charge in [-0.05, 0) is 56.7 Å². The Balaban J connectivity index is 2.07. The quantitative estimate of drug-likeness (QED) is 0.738. The Morgan fingerprint density at radius 2 is 1.95 bits per heavy atom. The van der Waals surface area contributed by atoms with Crippen molar-refractivity contribution < 1.29 is 0 Å². The lowest BCUT2D eigenvalue weighted by molar-refractivity contribution is -0.0458. The van der Waals surface area contributed by atoms with Crippen LogP contribution >= 0.6 is 0 Å². The highest BCUT2D eigenvalue weighted by atomic mass is 15.2. The molecule has 0 aromatic heterocycles. The SMILES string of the molecule is Cc1cccc([C@]23CCN(C)[C@H](C(C)C(C)C2)C3C)c1. The monoisotopic (exact) mass is 271 g/mol. The molecule has 2 fully saturated rings. The summed E-state index contributed by atoms with van der Waals surface area (Å²) in [4.78, 5) is 2.62. The van der Waals surface area contributed by atoms with Crippen LogP contribution in [0, 0.1) is 24.7 Å². The van der Waals surface area contributed by atoms with Crippen LogP contribution in [0.1, 0.15) is 44.7 Å². The van der Waals surface area contributed by atoms with E-state index in [9.17, 15) is 0 Å². The molecule has 1 saturated carbocycles. The van der Waals surface area contributed by atoms with Crippen LogP contribution in [0.4, 0.5) is 0 Å². The molecule has 1 aromatic rings. The van der Waals surface area contributed by atoms with Crippen molar-refractivity contribution >= 4 is 0 Å². The third-order valence-electron chi connectivity index (χ3n) is 6.52. The smallest absolute Gasteiger partial charge is 0.0154 e. The summed E-state index contributed by atoms with van der Waals surface area (Å²) in [6.45, 7) is 10.9. The second-order valence-electron chi connectivity index (χ2n) is 7.58. The van der Waals surface area contributed by atoms with E-state index in [0.29, 0.717) is 5.41 Å². The molecule has 0 spiro atoms. The van der Waals surface area contributed by atoms with Crippen molar-refractivity contribution in [3.63, 3.8) is 0 Å². The highest BCUT2D eigenvalue weighted by Gasteiger charge is 2.53. The van der Waals surface area contributed by atoms with Gasteiger partial charge in [0.05, 0.1) is 0 Å². The number of hydrogen-bond acceptors (Lipinski definition) is 1. The Morgan fingerprint density at radius 1 is 1.20 bits per heavy atom. The molecule has 1 heteroatoms. The fourth-order valence-corrected chi connectivity index (χ4v) is 5.18. The van der Waals surface area contributed by atoms with E-state index >= 15 is 0 Å². The van der Waals surface area contributed by atoms with Crippen molar-refractivity contribution in [3.05, 3.63) is 35.4 Å². The Bertz CT molecular complexity index is 494. The number of piperidine rings is 1. The van der Waals surface area contributed by atoms with Crippen LogP contribution in [-0.2, 0) is 5.41 Å². The Labute approximate surface area is 124 Å². The summed E-state index contributed by atoms with van der Waals surface area (Å²) in [6.07, 6.45) is 2.69. The predicted octanol–water partition coefficient (Wildman–Crippen LogP) is 4.25. The molecule has 1 aromatic carbocycles. The zero-order valence-corrected chi connectivity index (χ0v) is 13.7. The van der Waals surface area contributed by atoms with Crippen molar-refractivity contribution in [2.24, 2.45) is 17.8 Å². The van der Waals surface area contributed by atoms with E-state index in [-0.39, 0.29) is 0 Å². The van der Waals surface area contributed by atoms with Gasteiger partial charge in [0.15, 0.2) is 0 Å². The van der Waals surface area contributed by atoms with Crippen LogP contribution in [0.3, 0.4) is 0 Å². The van der Waals surface area contributed by atoms with Gasteiger partial charge in [-0.15, -0.1) is 0 Å². The first-order valence-electron chi connectivity index (χ1n) is 8.23. The van der Waals surface area contributed by atoms with Gasteiger partial charge < -0.3 is 4.90 Å². The van der Waals surface area contributed by atoms with Crippen LogP contribution in [0.2, 0.25) is 0 Å². The standard InChI is InChI=1S/C19H29N/c1-13-7-6-8-17(11-13)19-9-10-20(5)18(16(19)4)15(3)14(2)12-19/h6-8,11,14-16,18H,9-10,12H2,1-5H3/t14?,15?,16?,18-,19-/m1/s1. The van der Waals surface area contributed by atoms with Crippen LogP contribution in [-0.4, -0.2) is 24.5 Å². The maximum Gasteiger partial charge on any atom is 0.0154 e. The molecule has 2 bridgehead atoms. The van der Waals surface area contributed by atoms with E-state index in [1.54, 1.807) is 5.56 Å². The summed E-state index contributed by atoms with van der Waals surface area (Å²) >= 11 is 0. The van der Waals surface area contributed by atoms with Crippen LogP contribution in [0.15, 0.2) is 24.3 Å². The van der Waals surface area contributed by atoms with Gasteiger partial charge in [-0.2, -0.15) is 0 Å². The lowest BCUT2D eigenvalue weighted by atomic mass is 9.52. The van der Waals surface area contributed by atoms with Crippen LogP contribution < -0.4 is 0 Å². The van der Waals surface area contributed by atoms with Gasteiger partial charge in [0, 0.05) is 11.5 Å². The molecule has 1 aliphatic heterocycles. The van der Waals surface area contributed by atoms with Crippen molar-refractivity contribution in [1.29, 1.82) is 0 Å². The number of hydrogen-bond donors (Lipinski definition) is 0. The largest absolute Gasteiger partial charge is 0.303 e. The first kappa shape index (κ1) is 14.1. The van der Waals surface area contributed by atoms with Gasteiger partial charge in [-0.1, -0.05) is 50.6 Å². The fraction of sp³-hybridized carbons (Fsp3) is 0.684. The maximum atomic E-state index is 2.62. The van der Waals surface area contributed by atoms with E-state index < -0.39 is 0 Å². The van der Waals surface area contributed by atoms with Crippen LogP contribution in [0.25, 0.3) is 0 Å². The average molecular weight is 271 g/mol. The normalized spacial score (nSPS) is 41.6. The number of nitrogens with zero attached hydrogens (tertiary/aromatic N) is 1. The molecule has 1 aliphatic carbocycles. The minimum Gasteiger partial charge on any atom is -0.303 e. The summed E-state index contributed by atoms with van der Waals surface area (Å²) in [6, 6.07) is 10.1. The third-order valence-corrected chi connectivity index (χ3v) is 6.52. The van der Waals surface area contributed by atoms with E-state index in [1.165, 1.54) is 24.9 Å². The molecule has 0 radical (unpaired) electrons. The topological polar surface area (TPSA) is 3.24 Å². The molecule has 20 heavy (non-hydrogen) atoms. The third kappa shape index (κ3) is 1.94. The second-order valence-corrected chi connectivity index (χ2v) is 7.58. The van der Waals surface area contributed by atoms with E-state index in [2.05, 4.69) is 63.9 Å². The first-order valence-corrected chi connectivity index (χ1v) is 8.23. The molecular formula is C19H29N. The van der Waals surface area contributed by atoms with Crippen molar-refractivity contribution in [2.45, 2.75) is 52.0 Å². The maximum absolute atomic E-state index is 2.62. The summed E-state index contributed by atoms with van der Waals surface area (Å²) in [7, 11) is 2.33. The number of fused-ring (bicyclic) bond motifs is 2. The second kappa shape index (κ2) is 4.87. The van der Waals surface area contributed by atoms with Gasteiger partial charge in [-0.25, -0.2) is 0 Å². The molecule has 110 valence electrons.